The van der Waals surface area contributed by atoms with Crippen molar-refractivity contribution in [3.8, 4) is 0 Å². The van der Waals surface area contributed by atoms with E-state index in [-0.39, 0.29) is 29.3 Å². The van der Waals surface area contributed by atoms with Crippen LogP contribution in [-0.2, 0) is 14.3 Å². The molecule has 0 aromatic rings. The van der Waals surface area contributed by atoms with Crippen molar-refractivity contribution < 1.29 is 14.3 Å². The second-order valence-electron chi connectivity index (χ2n) is 7.94. The Balaban J connectivity index is 1.83. The normalized spacial score (nSPS) is 23.6. The van der Waals surface area contributed by atoms with Gasteiger partial charge in [0.2, 0.25) is 5.91 Å². The van der Waals surface area contributed by atoms with Crippen molar-refractivity contribution in [1.29, 1.82) is 0 Å². The molecule has 2 aliphatic carbocycles. The molecule has 0 radical (unpaired) electrons. The molecule has 1 saturated carbocycles. The van der Waals surface area contributed by atoms with Gasteiger partial charge in [-0.15, -0.1) is 0 Å². The van der Waals surface area contributed by atoms with Gasteiger partial charge < -0.3 is 10.1 Å². The molecule has 1 fully saturated rings. The van der Waals surface area contributed by atoms with Crippen LogP contribution in [-0.4, -0.2) is 29.3 Å². The molecule has 2 aliphatic rings. The Hall–Kier alpha value is -1.23. The van der Waals surface area contributed by atoms with Crippen LogP contribution in [0.25, 0.3) is 0 Å². The van der Waals surface area contributed by atoms with Crippen molar-refractivity contribution in [2.75, 3.05) is 0 Å². The van der Waals surface area contributed by atoms with Crippen molar-refractivity contribution in [2.24, 2.45) is 0 Å². The highest BCUT2D eigenvalue weighted by atomic mass is 32.1. The van der Waals surface area contributed by atoms with Crippen molar-refractivity contribution in [1.82, 2.24) is 5.32 Å². The summed E-state index contributed by atoms with van der Waals surface area (Å²) in [5.41, 5.74) is 0.649. The highest BCUT2D eigenvalue weighted by Gasteiger charge is 2.22. The van der Waals surface area contributed by atoms with E-state index in [0.717, 1.165) is 25.7 Å². The minimum absolute atomic E-state index is 0.0225. The predicted molar refractivity (Wildman–Crippen MR) is 113 cm³/mol. The SMILES string of the molecule is CC(S)CC(=O)NC1C=CC=C(C(=O)OC2CCCCCCCCCC2)C1. The van der Waals surface area contributed by atoms with Crippen molar-refractivity contribution in [3.63, 3.8) is 0 Å². The number of amides is 1. The van der Waals surface area contributed by atoms with E-state index in [0.29, 0.717) is 18.4 Å². The molecule has 0 aliphatic heterocycles. The molecule has 0 saturated heterocycles. The molecule has 1 N–H and O–H groups in total. The zero-order valence-electron chi connectivity index (χ0n) is 16.6. The molecule has 0 aromatic carbocycles. The molecule has 1 amide bonds. The van der Waals surface area contributed by atoms with E-state index in [9.17, 15) is 9.59 Å². The minimum atomic E-state index is -0.221. The van der Waals surface area contributed by atoms with Gasteiger partial charge in [-0.05, 0) is 25.7 Å². The molecule has 0 heterocycles. The maximum atomic E-state index is 12.6. The van der Waals surface area contributed by atoms with Gasteiger partial charge in [0.1, 0.15) is 6.10 Å². The third-order valence-electron chi connectivity index (χ3n) is 5.25. The van der Waals surface area contributed by atoms with Crippen LogP contribution in [0.4, 0.5) is 0 Å². The first-order chi connectivity index (χ1) is 13.0. The topological polar surface area (TPSA) is 55.4 Å². The summed E-state index contributed by atoms with van der Waals surface area (Å²) < 4.78 is 5.86. The minimum Gasteiger partial charge on any atom is -0.459 e. The van der Waals surface area contributed by atoms with Crippen LogP contribution >= 0.6 is 12.6 Å². The molecule has 2 atom stereocenters. The Labute approximate surface area is 169 Å². The Morgan fingerprint density at radius 2 is 1.70 bits per heavy atom. The van der Waals surface area contributed by atoms with E-state index in [1.807, 2.05) is 25.2 Å². The quantitative estimate of drug-likeness (QED) is 0.516. The third-order valence-corrected chi connectivity index (χ3v) is 5.43. The van der Waals surface area contributed by atoms with Crippen LogP contribution in [0.2, 0.25) is 0 Å². The molecular formula is C22H35NO3S. The van der Waals surface area contributed by atoms with E-state index >= 15 is 0 Å². The first kappa shape index (κ1) is 22.1. The fraction of sp³-hybridized carbons (Fsp3) is 0.727. The summed E-state index contributed by atoms with van der Waals surface area (Å²) in [6.45, 7) is 1.89. The van der Waals surface area contributed by atoms with Gasteiger partial charge in [-0.3, -0.25) is 4.79 Å². The van der Waals surface area contributed by atoms with E-state index < -0.39 is 0 Å². The van der Waals surface area contributed by atoms with Crippen LogP contribution in [0.1, 0.15) is 84.0 Å². The molecule has 0 spiro atoms. The van der Waals surface area contributed by atoms with Gasteiger partial charge in [-0.2, -0.15) is 12.6 Å². The molecule has 27 heavy (non-hydrogen) atoms. The van der Waals surface area contributed by atoms with Gasteiger partial charge in [-0.25, -0.2) is 4.79 Å². The number of carbonyl (C=O) groups is 2. The number of hydrogen-bond acceptors (Lipinski definition) is 4. The Bertz CT molecular complexity index is 530. The lowest BCUT2D eigenvalue weighted by molar-refractivity contribution is -0.145. The molecule has 0 aromatic heterocycles. The van der Waals surface area contributed by atoms with E-state index in [1.54, 1.807) is 0 Å². The molecule has 152 valence electrons. The summed E-state index contributed by atoms with van der Waals surface area (Å²) in [7, 11) is 0. The number of nitrogens with one attached hydrogen (secondary N) is 1. The smallest absolute Gasteiger partial charge is 0.334 e. The number of ether oxygens (including phenoxy) is 1. The van der Waals surface area contributed by atoms with Crippen LogP contribution in [0.3, 0.4) is 0 Å². The van der Waals surface area contributed by atoms with E-state index in [1.165, 1.54) is 38.5 Å². The molecule has 4 nitrogen and oxygen atoms in total. The van der Waals surface area contributed by atoms with Gasteiger partial charge in [-0.1, -0.05) is 63.7 Å². The number of thiol groups is 1. The maximum absolute atomic E-state index is 12.6. The lowest BCUT2D eigenvalue weighted by Crippen LogP contribution is -2.36. The average Bonchev–Trinajstić information content (AvgIpc) is 2.67. The number of rotatable bonds is 5. The lowest BCUT2D eigenvalue weighted by Gasteiger charge is -2.22. The molecular weight excluding hydrogens is 358 g/mol. The average molecular weight is 394 g/mol. The second-order valence-corrected chi connectivity index (χ2v) is 8.82. The summed E-state index contributed by atoms with van der Waals surface area (Å²) in [4.78, 5) is 24.6. The van der Waals surface area contributed by atoms with Gasteiger partial charge in [0.05, 0.1) is 6.04 Å². The van der Waals surface area contributed by atoms with Crippen LogP contribution in [0.5, 0.6) is 0 Å². The molecule has 0 bridgehead atoms. The van der Waals surface area contributed by atoms with Gasteiger partial charge in [0.25, 0.3) is 0 Å². The van der Waals surface area contributed by atoms with Crippen LogP contribution in [0.15, 0.2) is 23.8 Å². The largest absolute Gasteiger partial charge is 0.459 e. The van der Waals surface area contributed by atoms with Crippen LogP contribution < -0.4 is 5.32 Å². The highest BCUT2D eigenvalue weighted by molar-refractivity contribution is 7.80. The number of esters is 1. The summed E-state index contributed by atoms with van der Waals surface area (Å²) in [5.74, 6) is -0.258. The summed E-state index contributed by atoms with van der Waals surface area (Å²) >= 11 is 4.25. The zero-order chi connectivity index (χ0) is 19.5. The zero-order valence-corrected chi connectivity index (χ0v) is 17.5. The summed E-state index contributed by atoms with van der Waals surface area (Å²) in [5, 5.41) is 2.98. The Morgan fingerprint density at radius 1 is 1.11 bits per heavy atom. The van der Waals surface area contributed by atoms with Crippen molar-refractivity contribution >= 4 is 24.5 Å². The Morgan fingerprint density at radius 3 is 2.30 bits per heavy atom. The number of carbonyl (C=O) groups excluding carboxylic acids is 2. The fourth-order valence-corrected chi connectivity index (χ4v) is 3.92. The van der Waals surface area contributed by atoms with Crippen molar-refractivity contribution in [3.05, 3.63) is 23.8 Å². The van der Waals surface area contributed by atoms with Gasteiger partial charge >= 0.3 is 5.97 Å². The molecule has 5 heteroatoms. The van der Waals surface area contributed by atoms with E-state index in [2.05, 4.69) is 17.9 Å². The van der Waals surface area contributed by atoms with Crippen molar-refractivity contribution in [2.45, 2.75) is 101 Å². The van der Waals surface area contributed by atoms with Crippen LogP contribution in [0, 0.1) is 0 Å². The number of hydrogen-bond donors (Lipinski definition) is 2. The second kappa shape index (κ2) is 12.3. The fourth-order valence-electron chi connectivity index (χ4n) is 3.76. The standard InChI is InChI=1S/C22H35NO3S/c1-17(27)15-21(24)23-19-12-10-11-18(16-19)22(25)26-20-13-8-6-4-2-3-5-7-9-14-20/h10-12,17,19-20,27H,2-9,13-16H2,1H3,(H,23,24). The van der Waals surface area contributed by atoms with E-state index in [4.69, 9.17) is 4.74 Å². The maximum Gasteiger partial charge on any atom is 0.334 e. The highest BCUT2D eigenvalue weighted by Crippen LogP contribution is 2.22. The first-order valence-corrected chi connectivity index (χ1v) is 11.1. The Kier molecular flexibility index (Phi) is 10.0. The third kappa shape index (κ3) is 9.00. The summed E-state index contributed by atoms with van der Waals surface area (Å²) in [6.07, 6.45) is 18.4. The van der Waals surface area contributed by atoms with Gasteiger partial charge in [0.15, 0.2) is 0 Å². The monoisotopic (exact) mass is 393 g/mol. The van der Waals surface area contributed by atoms with Gasteiger partial charge in [0, 0.05) is 23.7 Å². The number of allylic oxidation sites excluding steroid dienone is 2. The lowest BCUT2D eigenvalue weighted by atomic mass is 10.00. The molecule has 2 rings (SSSR count). The summed E-state index contributed by atoms with van der Waals surface area (Å²) in [6, 6.07) is -0.148. The molecule has 2 unspecified atom stereocenters. The predicted octanol–water partition coefficient (Wildman–Crippen LogP) is 4.89. The first-order valence-electron chi connectivity index (χ1n) is 10.6.